The number of esters is 3. The molecule has 10 atom stereocenters. The molecule has 2 saturated heterocycles. The van der Waals surface area contributed by atoms with Gasteiger partial charge in [0.1, 0.15) is 55.9 Å². The number of carbonyl (C=O) groups excluding carboxylic acids is 3. The van der Waals surface area contributed by atoms with E-state index in [0.717, 1.165) is 5.56 Å². The Morgan fingerprint density at radius 1 is 0.519 bits per heavy atom. The summed E-state index contributed by atoms with van der Waals surface area (Å²) >= 11 is 0. The Hall–Kier alpha value is -5.03. The molecule has 0 spiro atoms. The van der Waals surface area contributed by atoms with E-state index in [2.05, 4.69) is 0 Å². The summed E-state index contributed by atoms with van der Waals surface area (Å²) in [5.41, 5.74) is 1.31. The van der Waals surface area contributed by atoms with Crippen LogP contribution in [0.2, 0.25) is 0 Å². The molecule has 54 heavy (non-hydrogen) atoms. The molecule has 0 unspecified atom stereocenters. The van der Waals surface area contributed by atoms with Gasteiger partial charge < -0.3 is 53.6 Å². The van der Waals surface area contributed by atoms with Crippen LogP contribution >= 0.6 is 0 Å². The second-order valence-electron chi connectivity index (χ2n) is 12.6. The molecule has 0 bridgehead atoms. The van der Waals surface area contributed by atoms with Gasteiger partial charge in [0, 0.05) is 0 Å². The van der Waals surface area contributed by atoms with Gasteiger partial charge in [0.15, 0.2) is 18.7 Å². The molecule has 14 nitrogen and oxygen atoms in total. The van der Waals surface area contributed by atoms with Crippen LogP contribution in [0.25, 0.3) is 0 Å². The number of aliphatic hydroxyl groups is 4. The van der Waals surface area contributed by atoms with Crippen molar-refractivity contribution < 1.29 is 68.0 Å². The highest BCUT2D eigenvalue weighted by molar-refractivity contribution is 5.90. The Morgan fingerprint density at radius 3 is 1.54 bits per heavy atom. The monoisotopic (exact) mass is 744 g/mol. The van der Waals surface area contributed by atoms with E-state index in [4.69, 9.17) is 33.2 Å². The molecule has 0 amide bonds. The maximum absolute atomic E-state index is 13.0. The van der Waals surface area contributed by atoms with Gasteiger partial charge in [0.2, 0.25) is 0 Å². The van der Waals surface area contributed by atoms with E-state index in [0.29, 0.717) is 0 Å². The predicted octanol–water partition coefficient (Wildman–Crippen LogP) is 2.42. The highest BCUT2D eigenvalue weighted by Crippen LogP contribution is 2.32. The first-order chi connectivity index (χ1) is 26.2. The van der Waals surface area contributed by atoms with Gasteiger partial charge in [-0.15, -0.1) is 0 Å². The van der Waals surface area contributed by atoms with Crippen molar-refractivity contribution in [2.24, 2.45) is 0 Å². The Morgan fingerprint density at radius 2 is 1.00 bits per heavy atom. The van der Waals surface area contributed by atoms with E-state index in [1.807, 2.05) is 6.07 Å². The molecule has 4 aromatic rings. The number of carbonyl (C=O) groups is 3. The molecular formula is C40H40O14. The summed E-state index contributed by atoms with van der Waals surface area (Å²) in [7, 11) is 0. The minimum Gasteiger partial charge on any atom is -0.459 e. The van der Waals surface area contributed by atoms with Gasteiger partial charge in [-0.1, -0.05) is 84.9 Å². The predicted molar refractivity (Wildman–Crippen MR) is 187 cm³/mol. The molecule has 4 N–H and O–H groups in total. The van der Waals surface area contributed by atoms with E-state index in [9.17, 15) is 34.8 Å². The lowest BCUT2D eigenvalue weighted by molar-refractivity contribution is -0.357. The topological polar surface area (TPSA) is 197 Å². The zero-order valence-corrected chi connectivity index (χ0v) is 28.8. The van der Waals surface area contributed by atoms with Crippen LogP contribution in [0.15, 0.2) is 121 Å². The van der Waals surface area contributed by atoms with Gasteiger partial charge in [-0.05, 0) is 42.0 Å². The SMILES string of the molecule is O=C(OC[C@H]1O[C@@H](O[C@H]2[C@H](O)[C@@H](OC(=O)c3ccccc3)[C@H](O)O[C@@H]2COC(=O)c2ccccc2)[C@H](O)[C@@H](OCc2ccccc2)[C@H]1O)c1ccccc1. The molecule has 14 heteroatoms. The average Bonchev–Trinajstić information content (AvgIpc) is 3.21. The maximum Gasteiger partial charge on any atom is 0.338 e. The third-order valence-electron chi connectivity index (χ3n) is 8.88. The first kappa shape index (κ1) is 38.7. The normalized spacial score (nSPS) is 28.1. The van der Waals surface area contributed by atoms with Gasteiger partial charge in [-0.25, -0.2) is 14.4 Å². The van der Waals surface area contributed by atoms with Gasteiger partial charge in [0.05, 0.1) is 23.3 Å². The smallest absolute Gasteiger partial charge is 0.338 e. The highest BCUT2D eigenvalue weighted by atomic mass is 16.7. The van der Waals surface area contributed by atoms with Crippen LogP contribution in [-0.2, 0) is 39.8 Å². The lowest BCUT2D eigenvalue weighted by Crippen LogP contribution is -2.65. The third kappa shape index (κ3) is 9.55. The largest absolute Gasteiger partial charge is 0.459 e. The van der Waals surface area contributed by atoms with Crippen molar-refractivity contribution in [3.8, 4) is 0 Å². The fourth-order valence-corrected chi connectivity index (χ4v) is 6.01. The minimum atomic E-state index is -1.90. The van der Waals surface area contributed by atoms with Crippen LogP contribution in [0.5, 0.6) is 0 Å². The van der Waals surface area contributed by atoms with Crippen molar-refractivity contribution in [3.63, 3.8) is 0 Å². The summed E-state index contributed by atoms with van der Waals surface area (Å²) in [6.07, 6.45) is -16.1. The number of aliphatic hydroxyl groups excluding tert-OH is 4. The van der Waals surface area contributed by atoms with Crippen molar-refractivity contribution in [1.82, 2.24) is 0 Å². The first-order valence-electron chi connectivity index (χ1n) is 17.2. The van der Waals surface area contributed by atoms with Crippen LogP contribution in [0.4, 0.5) is 0 Å². The van der Waals surface area contributed by atoms with Crippen LogP contribution < -0.4 is 0 Å². The van der Waals surface area contributed by atoms with Crippen molar-refractivity contribution in [1.29, 1.82) is 0 Å². The molecular weight excluding hydrogens is 704 g/mol. The number of hydrogen-bond acceptors (Lipinski definition) is 14. The average molecular weight is 745 g/mol. The molecule has 284 valence electrons. The van der Waals surface area contributed by atoms with E-state index < -0.39 is 92.5 Å². The minimum absolute atomic E-state index is 0.0419. The Balaban J connectivity index is 1.24. The number of hydrogen-bond donors (Lipinski definition) is 4. The van der Waals surface area contributed by atoms with Crippen LogP contribution in [0, 0.1) is 0 Å². The molecule has 0 radical (unpaired) electrons. The second-order valence-corrected chi connectivity index (χ2v) is 12.6. The van der Waals surface area contributed by atoms with Gasteiger partial charge in [-0.3, -0.25) is 0 Å². The van der Waals surface area contributed by atoms with Crippen molar-refractivity contribution in [2.45, 2.75) is 68.0 Å². The number of benzene rings is 4. The lowest BCUT2D eigenvalue weighted by Gasteiger charge is -2.46. The summed E-state index contributed by atoms with van der Waals surface area (Å²) in [6, 6.07) is 33.0. The van der Waals surface area contributed by atoms with E-state index in [1.165, 1.54) is 24.3 Å². The zero-order chi connectivity index (χ0) is 38.0. The summed E-state index contributed by atoms with van der Waals surface area (Å²) in [5.74, 6) is -2.33. The molecule has 2 aliphatic rings. The van der Waals surface area contributed by atoms with Crippen molar-refractivity contribution in [2.75, 3.05) is 13.2 Å². The van der Waals surface area contributed by atoms with E-state index in [-0.39, 0.29) is 23.3 Å². The molecule has 2 aliphatic heterocycles. The fourth-order valence-electron chi connectivity index (χ4n) is 6.01. The molecule has 2 fully saturated rings. The summed E-state index contributed by atoms with van der Waals surface area (Å²) in [5, 5.41) is 45.5. The standard InChI is InChI=1S/C40H40O14/c41-30-28(22-49-36(44)25-15-7-2-8-16-25)52-40(32(43)34(30)48-21-24-13-5-1-6-14-24)54-33-29(23-50-37(45)26-17-9-3-10-18-26)51-39(47)35(31(33)42)53-38(46)27-19-11-4-12-20-27/h1-20,28-35,39-43,47H,21-23H2/t28-,29-,30+,31+,32-,33-,34+,35-,39-,40+/m1/s1. The van der Waals surface area contributed by atoms with Crippen LogP contribution in [0.3, 0.4) is 0 Å². The molecule has 0 aromatic heterocycles. The molecule has 4 aromatic carbocycles. The van der Waals surface area contributed by atoms with Gasteiger partial charge in [0.25, 0.3) is 0 Å². The molecule has 0 aliphatic carbocycles. The molecule has 0 saturated carbocycles. The summed E-state index contributed by atoms with van der Waals surface area (Å²) in [4.78, 5) is 38.6. The Labute approximate surface area is 310 Å². The van der Waals surface area contributed by atoms with Crippen molar-refractivity contribution >= 4 is 17.9 Å². The van der Waals surface area contributed by atoms with Crippen LogP contribution in [-0.4, -0.2) is 113 Å². The van der Waals surface area contributed by atoms with Crippen LogP contribution in [0.1, 0.15) is 36.6 Å². The number of rotatable bonds is 13. The lowest BCUT2D eigenvalue weighted by atomic mass is 9.96. The first-order valence-corrected chi connectivity index (χ1v) is 17.2. The quantitative estimate of drug-likeness (QED) is 0.115. The summed E-state index contributed by atoms with van der Waals surface area (Å²) < 4.78 is 40.2. The second kappa shape index (κ2) is 18.3. The van der Waals surface area contributed by atoms with E-state index in [1.54, 1.807) is 91.0 Å². The molecule has 6 rings (SSSR count). The van der Waals surface area contributed by atoms with Gasteiger partial charge >= 0.3 is 17.9 Å². The Kier molecular flexibility index (Phi) is 13.1. The summed E-state index contributed by atoms with van der Waals surface area (Å²) in [6.45, 7) is -1.10. The van der Waals surface area contributed by atoms with Gasteiger partial charge in [-0.2, -0.15) is 0 Å². The fraction of sp³-hybridized carbons (Fsp3) is 0.325. The Bertz CT molecular complexity index is 1790. The molecule has 2 heterocycles. The zero-order valence-electron chi connectivity index (χ0n) is 28.8. The maximum atomic E-state index is 13.0. The highest BCUT2D eigenvalue weighted by Gasteiger charge is 2.53. The third-order valence-corrected chi connectivity index (χ3v) is 8.88. The number of ether oxygens (including phenoxy) is 7. The van der Waals surface area contributed by atoms with E-state index >= 15 is 0 Å². The van der Waals surface area contributed by atoms with Crippen molar-refractivity contribution in [3.05, 3.63) is 144 Å².